The molecule has 0 radical (unpaired) electrons. The van der Waals surface area contributed by atoms with Crippen LogP contribution in [0.25, 0.3) is 22.6 Å². The molecule has 6 heteroatoms. The molecule has 0 atom stereocenters. The maximum Gasteiger partial charge on any atom is 0.167 e. The summed E-state index contributed by atoms with van der Waals surface area (Å²) in [5, 5.41) is 14.6. The molecule has 4 aromatic rings. The molecule has 0 amide bonds. The van der Waals surface area contributed by atoms with E-state index in [1.807, 2.05) is 35.0 Å². The second-order valence-electron chi connectivity index (χ2n) is 5.63. The first-order valence-electron chi connectivity index (χ1n) is 7.70. The van der Waals surface area contributed by atoms with Gasteiger partial charge in [0.2, 0.25) is 0 Å². The lowest BCUT2D eigenvalue weighted by atomic mass is 10.1. The Kier molecular flexibility index (Phi) is 3.99. The minimum Gasteiger partial charge on any atom is -0.507 e. The Morgan fingerprint density at radius 3 is 2.76 bits per heavy atom. The van der Waals surface area contributed by atoms with Crippen molar-refractivity contribution in [3.63, 3.8) is 0 Å². The molecule has 0 aliphatic heterocycles. The first kappa shape index (κ1) is 15.5. The van der Waals surface area contributed by atoms with Gasteiger partial charge in [0.15, 0.2) is 5.76 Å². The van der Waals surface area contributed by atoms with Gasteiger partial charge in [-0.1, -0.05) is 41.0 Å². The van der Waals surface area contributed by atoms with Crippen LogP contribution in [0.2, 0.25) is 5.02 Å². The van der Waals surface area contributed by atoms with Gasteiger partial charge in [-0.25, -0.2) is 4.98 Å². The van der Waals surface area contributed by atoms with Crippen molar-refractivity contribution in [3.8, 4) is 28.3 Å². The van der Waals surface area contributed by atoms with E-state index in [1.165, 1.54) is 0 Å². The molecular weight excluding hydrogens is 338 g/mol. The molecule has 0 saturated carbocycles. The fourth-order valence-electron chi connectivity index (χ4n) is 2.63. The minimum absolute atomic E-state index is 0.163. The average molecular weight is 352 g/mol. The van der Waals surface area contributed by atoms with E-state index in [0.29, 0.717) is 28.6 Å². The molecule has 0 spiro atoms. The normalized spacial score (nSPS) is 10.9. The van der Waals surface area contributed by atoms with E-state index in [0.717, 1.165) is 11.1 Å². The number of rotatable bonds is 4. The van der Waals surface area contributed by atoms with E-state index in [-0.39, 0.29) is 5.75 Å². The van der Waals surface area contributed by atoms with Gasteiger partial charge in [0.05, 0.1) is 6.33 Å². The summed E-state index contributed by atoms with van der Waals surface area (Å²) in [6.07, 6.45) is 5.37. The Balaban J connectivity index is 1.62. The van der Waals surface area contributed by atoms with Crippen molar-refractivity contribution in [3.05, 3.63) is 77.8 Å². The van der Waals surface area contributed by atoms with Crippen LogP contribution in [-0.4, -0.2) is 19.8 Å². The van der Waals surface area contributed by atoms with E-state index in [9.17, 15) is 5.11 Å². The maximum absolute atomic E-state index is 9.94. The molecule has 0 unspecified atom stereocenters. The largest absolute Gasteiger partial charge is 0.507 e. The third-order valence-electron chi connectivity index (χ3n) is 3.94. The molecule has 0 fully saturated rings. The zero-order valence-electron chi connectivity index (χ0n) is 13.1. The number of phenols is 1. The molecule has 25 heavy (non-hydrogen) atoms. The van der Waals surface area contributed by atoms with Gasteiger partial charge in [-0.15, -0.1) is 0 Å². The standard InChI is InChI=1S/C19H14ClN3O2/c20-16-9-13(5-6-14(16)11-23-8-7-21-12-23)19-10-17(22-25-19)15-3-1-2-4-18(15)24/h1-10,12,24H,11H2. The van der Waals surface area contributed by atoms with Gasteiger partial charge in [0, 0.05) is 41.2 Å². The van der Waals surface area contributed by atoms with Crippen LogP contribution in [0.3, 0.4) is 0 Å². The van der Waals surface area contributed by atoms with E-state index in [2.05, 4.69) is 10.1 Å². The Morgan fingerprint density at radius 2 is 2.00 bits per heavy atom. The molecule has 4 rings (SSSR count). The smallest absolute Gasteiger partial charge is 0.167 e. The van der Waals surface area contributed by atoms with Crippen molar-refractivity contribution in [2.24, 2.45) is 0 Å². The topological polar surface area (TPSA) is 64.1 Å². The number of para-hydroxylation sites is 1. The molecule has 0 saturated heterocycles. The van der Waals surface area contributed by atoms with Crippen molar-refractivity contribution in [2.45, 2.75) is 6.54 Å². The van der Waals surface area contributed by atoms with Crippen molar-refractivity contribution in [1.82, 2.24) is 14.7 Å². The molecular formula is C19H14ClN3O2. The van der Waals surface area contributed by atoms with E-state index in [1.54, 1.807) is 36.8 Å². The average Bonchev–Trinajstić information content (AvgIpc) is 3.29. The number of halogens is 1. The van der Waals surface area contributed by atoms with Gasteiger partial charge in [0.1, 0.15) is 11.4 Å². The summed E-state index contributed by atoms with van der Waals surface area (Å²) in [7, 11) is 0. The van der Waals surface area contributed by atoms with E-state index < -0.39 is 0 Å². The summed E-state index contributed by atoms with van der Waals surface area (Å²) >= 11 is 6.41. The predicted molar refractivity (Wildman–Crippen MR) is 95.4 cm³/mol. The van der Waals surface area contributed by atoms with Crippen LogP contribution < -0.4 is 0 Å². The zero-order chi connectivity index (χ0) is 17.2. The van der Waals surface area contributed by atoms with Crippen LogP contribution in [0.1, 0.15) is 5.56 Å². The summed E-state index contributed by atoms with van der Waals surface area (Å²) in [5.74, 6) is 0.755. The molecule has 0 bridgehead atoms. The Bertz CT molecular complexity index is 1010. The fourth-order valence-corrected chi connectivity index (χ4v) is 2.87. The van der Waals surface area contributed by atoms with Crippen LogP contribution in [0, 0.1) is 0 Å². The molecule has 0 aliphatic rings. The monoisotopic (exact) mass is 351 g/mol. The van der Waals surface area contributed by atoms with Gasteiger partial charge in [0.25, 0.3) is 0 Å². The number of nitrogens with zero attached hydrogens (tertiary/aromatic N) is 3. The highest BCUT2D eigenvalue weighted by molar-refractivity contribution is 6.31. The first-order valence-corrected chi connectivity index (χ1v) is 8.08. The van der Waals surface area contributed by atoms with E-state index in [4.69, 9.17) is 16.1 Å². The van der Waals surface area contributed by atoms with E-state index >= 15 is 0 Å². The van der Waals surface area contributed by atoms with Gasteiger partial charge < -0.3 is 14.2 Å². The molecule has 2 aromatic carbocycles. The van der Waals surface area contributed by atoms with Crippen LogP contribution in [0.5, 0.6) is 5.75 Å². The lowest BCUT2D eigenvalue weighted by Crippen LogP contribution is -1.97. The van der Waals surface area contributed by atoms with Crippen molar-refractivity contribution in [2.75, 3.05) is 0 Å². The molecule has 5 nitrogen and oxygen atoms in total. The number of aromatic hydroxyl groups is 1. The highest BCUT2D eigenvalue weighted by Crippen LogP contribution is 2.32. The van der Waals surface area contributed by atoms with Crippen LogP contribution in [0.15, 0.2) is 71.8 Å². The van der Waals surface area contributed by atoms with Crippen LogP contribution in [0.4, 0.5) is 0 Å². The molecule has 124 valence electrons. The number of aromatic nitrogens is 3. The lowest BCUT2D eigenvalue weighted by molar-refractivity contribution is 0.433. The summed E-state index contributed by atoms with van der Waals surface area (Å²) in [6.45, 7) is 0.651. The van der Waals surface area contributed by atoms with Gasteiger partial charge in [-0.05, 0) is 23.8 Å². The van der Waals surface area contributed by atoms with Gasteiger partial charge >= 0.3 is 0 Å². The molecule has 2 heterocycles. The summed E-state index contributed by atoms with van der Waals surface area (Å²) in [5.41, 5.74) is 3.02. The molecule has 2 aromatic heterocycles. The summed E-state index contributed by atoms with van der Waals surface area (Å²) in [6, 6.07) is 14.5. The minimum atomic E-state index is 0.163. The van der Waals surface area contributed by atoms with Crippen molar-refractivity contribution in [1.29, 1.82) is 0 Å². The van der Waals surface area contributed by atoms with Crippen LogP contribution in [-0.2, 0) is 6.54 Å². The number of phenolic OH excluding ortho intramolecular Hbond substituents is 1. The summed E-state index contributed by atoms with van der Waals surface area (Å²) in [4.78, 5) is 4.03. The maximum atomic E-state index is 9.94. The molecule has 0 aliphatic carbocycles. The van der Waals surface area contributed by atoms with Crippen LogP contribution >= 0.6 is 11.6 Å². The predicted octanol–water partition coefficient (Wildman–Crippen LogP) is 4.61. The second kappa shape index (κ2) is 6.45. The van der Waals surface area contributed by atoms with Crippen molar-refractivity contribution >= 4 is 11.6 Å². The Hall–Kier alpha value is -3.05. The zero-order valence-corrected chi connectivity index (χ0v) is 13.9. The Morgan fingerprint density at radius 1 is 1.12 bits per heavy atom. The van der Waals surface area contributed by atoms with Gasteiger partial charge in [-0.3, -0.25) is 0 Å². The molecule has 1 N–H and O–H groups in total. The SMILES string of the molecule is Oc1ccccc1-c1cc(-c2ccc(Cn3ccnc3)c(Cl)c2)on1. The number of imidazole rings is 1. The number of hydrogen-bond acceptors (Lipinski definition) is 4. The highest BCUT2D eigenvalue weighted by atomic mass is 35.5. The first-order chi connectivity index (χ1) is 12.2. The lowest BCUT2D eigenvalue weighted by Gasteiger charge is -2.06. The summed E-state index contributed by atoms with van der Waals surface area (Å²) < 4.78 is 7.38. The Labute approximate surface area is 149 Å². The van der Waals surface area contributed by atoms with Crippen molar-refractivity contribution < 1.29 is 9.63 Å². The third-order valence-corrected chi connectivity index (χ3v) is 4.29. The third kappa shape index (κ3) is 3.14. The van der Waals surface area contributed by atoms with Gasteiger partial charge in [-0.2, -0.15) is 0 Å². The number of hydrogen-bond donors (Lipinski definition) is 1. The fraction of sp³-hybridized carbons (Fsp3) is 0.0526. The number of benzene rings is 2. The quantitative estimate of drug-likeness (QED) is 0.583. The second-order valence-corrected chi connectivity index (χ2v) is 6.04. The highest BCUT2D eigenvalue weighted by Gasteiger charge is 2.13.